The summed E-state index contributed by atoms with van der Waals surface area (Å²) >= 11 is 0. The van der Waals surface area contributed by atoms with E-state index in [0.717, 1.165) is 25.9 Å². The monoisotopic (exact) mass is 258 g/mol. The Balaban J connectivity index is 1.93. The van der Waals surface area contributed by atoms with Gasteiger partial charge < -0.3 is 5.32 Å². The minimum absolute atomic E-state index is 0.0161. The third-order valence-corrected chi connectivity index (χ3v) is 4.22. The van der Waals surface area contributed by atoms with Crippen molar-refractivity contribution in [3.8, 4) is 0 Å². The molecule has 0 spiro atoms. The first-order valence-corrected chi connectivity index (χ1v) is 6.91. The predicted octanol–water partition coefficient (Wildman–Crippen LogP) is 1.67. The van der Waals surface area contributed by atoms with Gasteiger partial charge in [-0.05, 0) is 44.0 Å². The van der Waals surface area contributed by atoms with Crippen LogP contribution in [0, 0.1) is 5.92 Å². The second kappa shape index (κ2) is 4.78. The molecule has 2 amide bonds. The average molecular weight is 258 g/mol. The first-order valence-electron chi connectivity index (χ1n) is 6.91. The molecule has 2 aliphatic heterocycles. The largest absolute Gasteiger partial charge is 0.316 e. The number of hydrogen-bond acceptors (Lipinski definition) is 3. The standard InChI is InChI=1S/C15H18N2O2/c1-2-13(10-7-8-16-9-10)17-14(18)11-5-3-4-6-12(11)15(17)19/h3-6,10,13,16H,2,7-9H2,1H3. The molecule has 4 heteroatoms. The van der Waals surface area contributed by atoms with Gasteiger partial charge in [0.15, 0.2) is 0 Å². The van der Waals surface area contributed by atoms with E-state index in [9.17, 15) is 9.59 Å². The van der Waals surface area contributed by atoms with Crippen LogP contribution in [0.15, 0.2) is 24.3 Å². The Kier molecular flexibility index (Phi) is 3.11. The Morgan fingerprint density at radius 3 is 2.37 bits per heavy atom. The quantitative estimate of drug-likeness (QED) is 0.839. The van der Waals surface area contributed by atoms with Crippen molar-refractivity contribution in [1.82, 2.24) is 10.2 Å². The summed E-state index contributed by atoms with van der Waals surface area (Å²) in [6, 6.07) is 7.13. The van der Waals surface area contributed by atoms with E-state index in [1.165, 1.54) is 4.90 Å². The first kappa shape index (κ1) is 12.4. The number of nitrogens with one attached hydrogen (secondary N) is 1. The lowest BCUT2D eigenvalue weighted by atomic mass is 9.95. The molecular formula is C15H18N2O2. The summed E-state index contributed by atoms with van der Waals surface area (Å²) in [6.07, 6.45) is 1.85. The summed E-state index contributed by atoms with van der Waals surface area (Å²) in [7, 11) is 0. The van der Waals surface area contributed by atoms with Gasteiger partial charge in [-0.3, -0.25) is 14.5 Å². The summed E-state index contributed by atoms with van der Waals surface area (Å²) < 4.78 is 0. The number of benzene rings is 1. The van der Waals surface area contributed by atoms with Gasteiger partial charge in [0.1, 0.15) is 0 Å². The van der Waals surface area contributed by atoms with Gasteiger partial charge in [-0.1, -0.05) is 19.1 Å². The molecule has 0 radical (unpaired) electrons. The molecule has 2 unspecified atom stereocenters. The third-order valence-electron chi connectivity index (χ3n) is 4.22. The maximum absolute atomic E-state index is 12.4. The van der Waals surface area contributed by atoms with Crippen molar-refractivity contribution in [1.29, 1.82) is 0 Å². The zero-order valence-corrected chi connectivity index (χ0v) is 11.1. The third kappa shape index (κ3) is 1.87. The molecule has 0 bridgehead atoms. The van der Waals surface area contributed by atoms with Gasteiger partial charge in [0.05, 0.1) is 11.1 Å². The maximum Gasteiger partial charge on any atom is 0.261 e. The molecule has 0 saturated carbocycles. The maximum atomic E-state index is 12.4. The number of carbonyl (C=O) groups is 2. The van der Waals surface area contributed by atoms with E-state index in [4.69, 9.17) is 0 Å². The van der Waals surface area contributed by atoms with E-state index in [2.05, 4.69) is 5.32 Å². The van der Waals surface area contributed by atoms with Crippen LogP contribution < -0.4 is 5.32 Å². The summed E-state index contributed by atoms with van der Waals surface area (Å²) in [4.78, 5) is 26.4. The molecule has 0 aliphatic carbocycles. The van der Waals surface area contributed by atoms with Crippen molar-refractivity contribution in [2.75, 3.05) is 13.1 Å². The highest BCUT2D eigenvalue weighted by atomic mass is 16.2. The van der Waals surface area contributed by atoms with Gasteiger partial charge in [0.25, 0.3) is 11.8 Å². The van der Waals surface area contributed by atoms with Crippen LogP contribution in [0.1, 0.15) is 40.5 Å². The van der Waals surface area contributed by atoms with Crippen molar-refractivity contribution in [2.24, 2.45) is 5.92 Å². The molecule has 3 rings (SSSR count). The molecule has 1 N–H and O–H groups in total. The zero-order valence-electron chi connectivity index (χ0n) is 11.1. The Morgan fingerprint density at radius 2 is 1.89 bits per heavy atom. The fraction of sp³-hybridized carbons (Fsp3) is 0.467. The van der Waals surface area contributed by atoms with E-state index in [1.807, 2.05) is 19.1 Å². The molecule has 1 fully saturated rings. The van der Waals surface area contributed by atoms with Gasteiger partial charge in [0.2, 0.25) is 0 Å². The molecule has 2 heterocycles. The number of fused-ring (bicyclic) bond motifs is 1. The van der Waals surface area contributed by atoms with Crippen molar-refractivity contribution in [2.45, 2.75) is 25.8 Å². The second-order valence-corrected chi connectivity index (χ2v) is 5.25. The van der Waals surface area contributed by atoms with Gasteiger partial charge in [0, 0.05) is 6.04 Å². The van der Waals surface area contributed by atoms with Crippen molar-refractivity contribution in [3.63, 3.8) is 0 Å². The number of carbonyl (C=O) groups excluding carboxylic acids is 2. The Bertz CT molecular complexity index is 486. The van der Waals surface area contributed by atoms with Crippen molar-refractivity contribution >= 4 is 11.8 Å². The lowest BCUT2D eigenvalue weighted by Gasteiger charge is -2.29. The molecule has 0 aromatic heterocycles. The van der Waals surface area contributed by atoms with Crippen LogP contribution in [0.2, 0.25) is 0 Å². The fourth-order valence-electron chi connectivity index (χ4n) is 3.24. The highest BCUT2D eigenvalue weighted by molar-refractivity contribution is 6.21. The van der Waals surface area contributed by atoms with Crippen LogP contribution >= 0.6 is 0 Å². The zero-order chi connectivity index (χ0) is 13.4. The predicted molar refractivity (Wildman–Crippen MR) is 72.0 cm³/mol. The molecule has 2 aliphatic rings. The average Bonchev–Trinajstić information content (AvgIpc) is 3.04. The fourth-order valence-corrected chi connectivity index (χ4v) is 3.24. The topological polar surface area (TPSA) is 49.4 Å². The Morgan fingerprint density at radius 1 is 1.26 bits per heavy atom. The Hall–Kier alpha value is -1.68. The Labute approximate surface area is 112 Å². The minimum Gasteiger partial charge on any atom is -0.316 e. The van der Waals surface area contributed by atoms with Crippen LogP contribution in [0.4, 0.5) is 0 Å². The van der Waals surface area contributed by atoms with E-state index in [1.54, 1.807) is 12.1 Å². The lowest BCUT2D eigenvalue weighted by molar-refractivity contribution is 0.0528. The number of imide groups is 1. The van der Waals surface area contributed by atoms with Crippen LogP contribution in [-0.4, -0.2) is 35.8 Å². The summed E-state index contributed by atoms with van der Waals surface area (Å²) in [5, 5.41) is 3.31. The van der Waals surface area contributed by atoms with E-state index >= 15 is 0 Å². The van der Waals surface area contributed by atoms with E-state index < -0.39 is 0 Å². The lowest BCUT2D eigenvalue weighted by Crippen LogP contribution is -2.44. The molecule has 1 aromatic carbocycles. The first-order chi connectivity index (χ1) is 9.24. The van der Waals surface area contributed by atoms with Crippen molar-refractivity contribution in [3.05, 3.63) is 35.4 Å². The van der Waals surface area contributed by atoms with E-state index in [0.29, 0.717) is 17.0 Å². The van der Waals surface area contributed by atoms with Gasteiger partial charge in [-0.15, -0.1) is 0 Å². The minimum atomic E-state index is -0.126. The van der Waals surface area contributed by atoms with Crippen molar-refractivity contribution < 1.29 is 9.59 Å². The summed E-state index contributed by atoms with van der Waals surface area (Å²) in [5.74, 6) is 0.130. The number of hydrogen-bond donors (Lipinski definition) is 1. The van der Waals surface area contributed by atoms with Gasteiger partial charge in [-0.2, -0.15) is 0 Å². The molecule has 2 atom stereocenters. The molecule has 19 heavy (non-hydrogen) atoms. The number of nitrogens with zero attached hydrogens (tertiary/aromatic N) is 1. The SMILES string of the molecule is CCC(C1CCNC1)N1C(=O)c2ccccc2C1=O. The highest BCUT2D eigenvalue weighted by Crippen LogP contribution is 2.30. The number of rotatable bonds is 3. The molecule has 4 nitrogen and oxygen atoms in total. The van der Waals surface area contributed by atoms with Gasteiger partial charge >= 0.3 is 0 Å². The molecular weight excluding hydrogens is 240 g/mol. The second-order valence-electron chi connectivity index (χ2n) is 5.25. The molecule has 1 saturated heterocycles. The molecule has 1 aromatic rings. The summed E-state index contributed by atoms with van der Waals surface area (Å²) in [6.45, 7) is 3.92. The van der Waals surface area contributed by atoms with Crippen LogP contribution in [0.5, 0.6) is 0 Å². The van der Waals surface area contributed by atoms with Gasteiger partial charge in [-0.25, -0.2) is 0 Å². The van der Waals surface area contributed by atoms with Crippen LogP contribution in [0.25, 0.3) is 0 Å². The summed E-state index contributed by atoms with van der Waals surface area (Å²) in [5.41, 5.74) is 1.11. The van der Waals surface area contributed by atoms with Crippen LogP contribution in [-0.2, 0) is 0 Å². The molecule has 100 valence electrons. The van der Waals surface area contributed by atoms with E-state index in [-0.39, 0.29) is 17.9 Å². The highest BCUT2D eigenvalue weighted by Gasteiger charge is 2.42. The van der Waals surface area contributed by atoms with Crippen LogP contribution in [0.3, 0.4) is 0 Å². The number of amides is 2. The smallest absolute Gasteiger partial charge is 0.261 e. The normalized spacial score (nSPS) is 23.8.